The number of fused-ring (bicyclic) bond motifs is 3. The van der Waals surface area contributed by atoms with Crippen LogP contribution >= 0.6 is 11.8 Å². The maximum atomic E-state index is 12.0. The maximum absolute atomic E-state index is 12.0. The van der Waals surface area contributed by atoms with Gasteiger partial charge in [0.25, 0.3) is 0 Å². The fraction of sp³-hybridized carbons (Fsp3) is 0.417. The number of nitrogens with zero attached hydrogens (tertiary/aromatic N) is 5. The van der Waals surface area contributed by atoms with Crippen LogP contribution < -0.4 is 20.9 Å². The summed E-state index contributed by atoms with van der Waals surface area (Å²) in [5.74, 6) is 2.13. The van der Waals surface area contributed by atoms with Crippen molar-refractivity contribution in [2.75, 3.05) is 36.5 Å². The predicted octanol–water partition coefficient (Wildman–Crippen LogP) is 2.07. The second-order valence-electron chi connectivity index (χ2n) is 9.87. The third kappa shape index (κ3) is 2.66. The van der Waals surface area contributed by atoms with Gasteiger partial charge < -0.3 is 20.9 Å². The van der Waals surface area contributed by atoms with E-state index in [-0.39, 0.29) is 11.3 Å². The van der Waals surface area contributed by atoms with E-state index in [0.717, 1.165) is 46.9 Å². The lowest BCUT2D eigenvalue weighted by Crippen LogP contribution is -2.43. The smallest absolute Gasteiger partial charge is 0.231 e. The first-order valence-electron chi connectivity index (χ1n) is 11.6. The van der Waals surface area contributed by atoms with Gasteiger partial charge in [0.05, 0.1) is 18.0 Å². The Balaban J connectivity index is 1.13. The molecule has 7 rings (SSSR count). The van der Waals surface area contributed by atoms with Crippen molar-refractivity contribution in [3.05, 3.63) is 41.1 Å². The molecule has 1 aliphatic carbocycles. The van der Waals surface area contributed by atoms with E-state index in [4.69, 9.17) is 15.7 Å². The number of nitrogens with one attached hydrogen (secondary N) is 2. The summed E-state index contributed by atoms with van der Waals surface area (Å²) in [7, 11) is 1.81. The van der Waals surface area contributed by atoms with E-state index in [1.807, 2.05) is 43.2 Å². The monoisotopic (exact) mass is 474 g/mol. The minimum absolute atomic E-state index is 0.111. The summed E-state index contributed by atoms with van der Waals surface area (Å²) >= 11 is 1.87. The molecule has 1 unspecified atom stereocenters. The molecule has 34 heavy (non-hydrogen) atoms. The highest BCUT2D eigenvalue weighted by atomic mass is 32.2. The van der Waals surface area contributed by atoms with Gasteiger partial charge in [-0.05, 0) is 41.9 Å². The number of hydrogen-bond acceptors (Lipinski definition) is 8. The number of thioether (sulfide) groups is 1. The van der Waals surface area contributed by atoms with E-state index < -0.39 is 0 Å². The number of rotatable bonds is 4. The summed E-state index contributed by atoms with van der Waals surface area (Å²) in [6.07, 6.45) is 2.28. The molecule has 0 spiro atoms. The number of hydrogen-bond donors (Lipinski definition) is 3. The van der Waals surface area contributed by atoms with Crippen molar-refractivity contribution in [1.29, 1.82) is 0 Å². The molecule has 1 saturated heterocycles. The Morgan fingerprint density at radius 2 is 2.12 bits per heavy atom. The van der Waals surface area contributed by atoms with Crippen molar-refractivity contribution in [2.24, 2.45) is 23.0 Å². The summed E-state index contributed by atoms with van der Waals surface area (Å²) in [5.41, 5.74) is 12.8. The van der Waals surface area contributed by atoms with Crippen LogP contribution in [-0.4, -0.2) is 58.1 Å². The second-order valence-corrected chi connectivity index (χ2v) is 10.8. The van der Waals surface area contributed by atoms with Crippen LogP contribution in [-0.2, 0) is 11.2 Å². The zero-order chi connectivity index (χ0) is 23.2. The zero-order valence-corrected chi connectivity index (χ0v) is 19.9. The largest absolute Gasteiger partial charge is 0.376 e. The van der Waals surface area contributed by atoms with E-state index in [1.54, 1.807) is 4.90 Å². The maximum Gasteiger partial charge on any atom is 0.231 e. The highest BCUT2D eigenvalue weighted by Gasteiger charge is 2.71. The number of anilines is 2. The molecule has 3 aliphatic heterocycles. The third-order valence-corrected chi connectivity index (χ3v) is 9.50. The predicted molar refractivity (Wildman–Crippen MR) is 133 cm³/mol. The normalized spacial score (nSPS) is 29.4. The first-order valence-corrected chi connectivity index (χ1v) is 12.6. The second kappa shape index (κ2) is 6.96. The molecule has 10 heteroatoms. The van der Waals surface area contributed by atoms with Crippen molar-refractivity contribution in [1.82, 2.24) is 25.5 Å². The Hall–Kier alpha value is -3.11. The Morgan fingerprint density at radius 1 is 1.29 bits per heavy atom. The minimum Gasteiger partial charge on any atom is -0.376 e. The average molecular weight is 475 g/mol. The number of nitrogens with two attached hydrogens (primary N) is 1. The molecule has 2 fully saturated rings. The van der Waals surface area contributed by atoms with Gasteiger partial charge in [-0.3, -0.25) is 9.89 Å². The summed E-state index contributed by atoms with van der Waals surface area (Å²) in [6.45, 7) is 4.73. The number of carbonyl (C=O) groups excluding carboxylic acids is 1. The van der Waals surface area contributed by atoms with Gasteiger partial charge in [-0.2, -0.15) is 5.10 Å². The Bertz CT molecular complexity index is 1370. The lowest BCUT2D eigenvalue weighted by atomic mass is 9.99. The van der Waals surface area contributed by atoms with Crippen molar-refractivity contribution < 1.29 is 4.79 Å². The lowest BCUT2D eigenvalue weighted by Gasteiger charge is -2.30. The molecular formula is C24H26N8OS. The number of aromatic amines is 1. The van der Waals surface area contributed by atoms with Crippen LogP contribution in [0.5, 0.6) is 0 Å². The first kappa shape index (κ1) is 20.3. The number of carbonyl (C=O) groups is 1. The van der Waals surface area contributed by atoms with Gasteiger partial charge >= 0.3 is 0 Å². The molecule has 4 aliphatic rings. The number of likely N-dealkylation sites (N-methyl/N-ethyl adjacent to an activating group) is 1. The molecule has 1 aromatic carbocycles. The fourth-order valence-electron chi connectivity index (χ4n) is 6.23. The van der Waals surface area contributed by atoms with E-state index in [0.29, 0.717) is 35.8 Å². The Labute approximate surface area is 201 Å². The molecular weight excluding hydrogens is 448 g/mol. The quantitative estimate of drug-likeness (QED) is 0.526. The van der Waals surface area contributed by atoms with Crippen LogP contribution in [0, 0.1) is 17.3 Å². The van der Waals surface area contributed by atoms with Gasteiger partial charge in [0, 0.05) is 49.0 Å². The van der Waals surface area contributed by atoms with Crippen LogP contribution in [0.3, 0.4) is 0 Å². The highest BCUT2D eigenvalue weighted by Crippen LogP contribution is 2.66. The molecule has 0 radical (unpaired) electrons. The number of benzene rings is 1. The van der Waals surface area contributed by atoms with E-state index in [2.05, 4.69) is 32.7 Å². The molecule has 4 N–H and O–H groups in total. The first-order chi connectivity index (χ1) is 16.5. The van der Waals surface area contributed by atoms with Crippen LogP contribution in [0.2, 0.25) is 0 Å². The topological polar surface area (TPSA) is 116 Å². The molecule has 174 valence electrons. The molecule has 5 heterocycles. The van der Waals surface area contributed by atoms with Crippen molar-refractivity contribution in [3.8, 4) is 11.3 Å². The SMILES string of the molecule is CC1=CS[C@H](C2(CN)[C@@H]3CN(c4cnc5c(-c6ccc7c(c6)CC(=O)N7C)n[nH]c5n4)C[C@@H]32)N1. The molecule has 3 aromatic rings. The van der Waals surface area contributed by atoms with Gasteiger partial charge in [-0.15, -0.1) is 11.8 Å². The Morgan fingerprint density at radius 3 is 2.85 bits per heavy atom. The van der Waals surface area contributed by atoms with Crippen molar-refractivity contribution in [2.45, 2.75) is 18.7 Å². The standard InChI is InChI=1S/C24H26N8OS/c1-12-10-34-23(27-12)24(11-25)15-8-32(9-16(15)24)18-7-26-21-20(29-30-22(21)28-18)13-3-4-17-14(5-13)6-19(33)31(17)2/h3-5,7,10,15-16,23,27H,6,8-9,11,25H2,1-2H3,(H,28,29,30)/t15-,16+,23-,24?/m1/s1. The minimum atomic E-state index is 0.111. The number of piperidine rings is 1. The zero-order valence-electron chi connectivity index (χ0n) is 19.1. The van der Waals surface area contributed by atoms with Crippen molar-refractivity contribution >= 4 is 40.3 Å². The third-order valence-electron chi connectivity index (χ3n) is 8.18. The molecule has 0 bridgehead atoms. The number of amides is 1. The fourth-order valence-corrected chi connectivity index (χ4v) is 7.59. The molecule has 1 saturated carbocycles. The molecule has 4 atom stereocenters. The summed E-state index contributed by atoms with van der Waals surface area (Å²) in [6, 6.07) is 6.01. The van der Waals surface area contributed by atoms with Crippen LogP contribution in [0.4, 0.5) is 11.5 Å². The number of aromatic nitrogens is 4. The molecule has 1 amide bonds. The van der Waals surface area contributed by atoms with Gasteiger partial charge in [0.2, 0.25) is 5.91 Å². The van der Waals surface area contributed by atoms with Crippen LogP contribution in [0.25, 0.3) is 22.4 Å². The number of allylic oxidation sites excluding steroid dienone is 1. The highest BCUT2D eigenvalue weighted by molar-refractivity contribution is 8.03. The van der Waals surface area contributed by atoms with Crippen LogP contribution in [0.15, 0.2) is 35.5 Å². The molecule has 9 nitrogen and oxygen atoms in total. The van der Waals surface area contributed by atoms with E-state index in [9.17, 15) is 4.79 Å². The van der Waals surface area contributed by atoms with Gasteiger partial charge in [-0.1, -0.05) is 6.07 Å². The summed E-state index contributed by atoms with van der Waals surface area (Å²) < 4.78 is 0. The number of H-pyrrole nitrogens is 1. The summed E-state index contributed by atoms with van der Waals surface area (Å²) in [4.78, 5) is 25.7. The average Bonchev–Trinajstić information content (AvgIpc) is 3.41. The molecule has 2 aromatic heterocycles. The van der Waals surface area contributed by atoms with Gasteiger partial charge in [0.15, 0.2) is 5.65 Å². The van der Waals surface area contributed by atoms with Gasteiger partial charge in [0.1, 0.15) is 17.0 Å². The van der Waals surface area contributed by atoms with Gasteiger partial charge in [-0.25, -0.2) is 9.97 Å². The van der Waals surface area contributed by atoms with E-state index in [1.165, 1.54) is 5.70 Å². The summed E-state index contributed by atoms with van der Waals surface area (Å²) in [5, 5.41) is 13.8. The van der Waals surface area contributed by atoms with Crippen LogP contribution in [0.1, 0.15) is 12.5 Å². The lowest BCUT2D eigenvalue weighted by molar-refractivity contribution is -0.117. The van der Waals surface area contributed by atoms with Crippen molar-refractivity contribution in [3.63, 3.8) is 0 Å². The van der Waals surface area contributed by atoms with E-state index >= 15 is 0 Å². The Kier molecular flexibility index (Phi) is 4.15.